The molecule has 1 aromatic heterocycles. The highest BCUT2D eigenvalue weighted by Crippen LogP contribution is 2.28. The van der Waals surface area contributed by atoms with Gasteiger partial charge in [-0.15, -0.1) is 10.2 Å². The lowest BCUT2D eigenvalue weighted by Gasteiger charge is -2.17. The maximum atomic E-state index is 12.6. The Labute approximate surface area is 163 Å². The number of halogens is 1. The third-order valence-electron chi connectivity index (χ3n) is 4.37. The SMILES string of the molecule is O=C(Nc1cccc(-c2nnco2)c1)[C@H]1CC(=O)N(c2ccc(Br)cc2)C1. The molecule has 2 amide bonds. The predicted octanol–water partition coefficient (Wildman–Crippen LogP) is 3.49. The summed E-state index contributed by atoms with van der Waals surface area (Å²) in [6.45, 7) is 0.357. The third kappa shape index (κ3) is 3.75. The number of carbonyl (C=O) groups excluding carboxylic acids is 2. The molecule has 1 aliphatic heterocycles. The molecule has 1 aliphatic rings. The minimum absolute atomic E-state index is 0.0583. The summed E-state index contributed by atoms with van der Waals surface area (Å²) < 4.78 is 6.11. The average Bonchev–Trinajstić information content (AvgIpc) is 3.33. The van der Waals surface area contributed by atoms with E-state index >= 15 is 0 Å². The van der Waals surface area contributed by atoms with E-state index in [1.165, 1.54) is 6.39 Å². The summed E-state index contributed by atoms with van der Waals surface area (Å²) in [5.41, 5.74) is 2.12. The van der Waals surface area contributed by atoms with E-state index in [-0.39, 0.29) is 18.2 Å². The van der Waals surface area contributed by atoms with Crippen molar-refractivity contribution in [1.29, 1.82) is 0 Å². The fraction of sp³-hybridized carbons (Fsp3) is 0.158. The van der Waals surface area contributed by atoms with Gasteiger partial charge in [-0.05, 0) is 42.5 Å². The summed E-state index contributed by atoms with van der Waals surface area (Å²) in [5, 5.41) is 10.4. The van der Waals surface area contributed by atoms with Crippen LogP contribution in [0, 0.1) is 5.92 Å². The minimum Gasteiger partial charge on any atom is -0.423 e. The molecular weight excluding hydrogens is 412 g/mol. The van der Waals surface area contributed by atoms with E-state index in [1.54, 1.807) is 23.1 Å². The van der Waals surface area contributed by atoms with Gasteiger partial charge in [-0.1, -0.05) is 22.0 Å². The molecule has 1 atom stereocenters. The van der Waals surface area contributed by atoms with Crippen LogP contribution in [0.15, 0.2) is 63.8 Å². The lowest BCUT2D eigenvalue weighted by Crippen LogP contribution is -2.28. The molecule has 2 heterocycles. The van der Waals surface area contributed by atoms with Crippen LogP contribution in [-0.2, 0) is 9.59 Å². The van der Waals surface area contributed by atoms with Crippen LogP contribution in [-0.4, -0.2) is 28.6 Å². The maximum Gasteiger partial charge on any atom is 0.247 e. The Hall–Kier alpha value is -3.00. The number of hydrogen-bond donors (Lipinski definition) is 1. The largest absolute Gasteiger partial charge is 0.423 e. The minimum atomic E-state index is -0.409. The fourth-order valence-electron chi connectivity index (χ4n) is 3.03. The van der Waals surface area contributed by atoms with Gasteiger partial charge in [-0.2, -0.15) is 0 Å². The molecule has 0 unspecified atom stereocenters. The summed E-state index contributed by atoms with van der Waals surface area (Å²) in [7, 11) is 0. The van der Waals surface area contributed by atoms with E-state index in [2.05, 4.69) is 31.4 Å². The van der Waals surface area contributed by atoms with Gasteiger partial charge in [0.25, 0.3) is 0 Å². The maximum absolute atomic E-state index is 12.6. The quantitative estimate of drug-likeness (QED) is 0.689. The van der Waals surface area contributed by atoms with Crippen LogP contribution in [0.5, 0.6) is 0 Å². The molecule has 0 spiro atoms. The molecule has 1 saturated heterocycles. The topological polar surface area (TPSA) is 88.3 Å². The molecule has 8 heteroatoms. The average molecular weight is 427 g/mol. The molecule has 3 aromatic rings. The Balaban J connectivity index is 1.45. The number of carbonyl (C=O) groups is 2. The van der Waals surface area contributed by atoms with E-state index in [0.29, 0.717) is 23.7 Å². The van der Waals surface area contributed by atoms with Crippen molar-refractivity contribution in [1.82, 2.24) is 10.2 Å². The van der Waals surface area contributed by atoms with Gasteiger partial charge < -0.3 is 14.6 Å². The van der Waals surface area contributed by atoms with Crippen molar-refractivity contribution in [2.45, 2.75) is 6.42 Å². The zero-order valence-electron chi connectivity index (χ0n) is 14.1. The van der Waals surface area contributed by atoms with Gasteiger partial charge in [0, 0.05) is 34.4 Å². The summed E-state index contributed by atoms with van der Waals surface area (Å²) in [6, 6.07) is 14.6. The van der Waals surface area contributed by atoms with Gasteiger partial charge in [0.1, 0.15) is 0 Å². The molecule has 27 heavy (non-hydrogen) atoms. The Bertz CT molecular complexity index is 973. The molecule has 0 bridgehead atoms. The number of nitrogens with one attached hydrogen (secondary N) is 1. The molecule has 136 valence electrons. The van der Waals surface area contributed by atoms with Crippen molar-refractivity contribution in [3.05, 3.63) is 59.4 Å². The van der Waals surface area contributed by atoms with E-state index < -0.39 is 5.92 Å². The number of amides is 2. The zero-order valence-corrected chi connectivity index (χ0v) is 15.7. The third-order valence-corrected chi connectivity index (χ3v) is 4.90. The second kappa shape index (κ2) is 7.32. The summed E-state index contributed by atoms with van der Waals surface area (Å²) >= 11 is 3.38. The fourth-order valence-corrected chi connectivity index (χ4v) is 3.29. The van der Waals surface area contributed by atoms with Gasteiger partial charge in [0.05, 0.1) is 5.92 Å². The highest BCUT2D eigenvalue weighted by molar-refractivity contribution is 9.10. The first-order chi connectivity index (χ1) is 13.1. The molecule has 0 aliphatic carbocycles. The molecule has 2 aromatic carbocycles. The first-order valence-corrected chi connectivity index (χ1v) is 9.13. The van der Waals surface area contributed by atoms with E-state index in [9.17, 15) is 9.59 Å². The Morgan fingerprint density at radius 2 is 2.04 bits per heavy atom. The molecule has 1 N–H and O–H groups in total. The van der Waals surface area contributed by atoms with Crippen molar-refractivity contribution in [3.63, 3.8) is 0 Å². The second-order valence-electron chi connectivity index (χ2n) is 6.20. The number of anilines is 2. The van der Waals surface area contributed by atoms with E-state index in [0.717, 1.165) is 10.2 Å². The summed E-state index contributed by atoms with van der Waals surface area (Å²) in [4.78, 5) is 26.6. The standard InChI is InChI=1S/C19H15BrN4O3/c20-14-4-6-16(7-5-14)24-10-13(9-17(24)25)18(26)22-15-3-1-2-12(8-15)19-23-21-11-27-19/h1-8,11,13H,9-10H2,(H,22,26)/t13-/m0/s1. The smallest absolute Gasteiger partial charge is 0.247 e. The number of hydrogen-bond acceptors (Lipinski definition) is 5. The highest BCUT2D eigenvalue weighted by Gasteiger charge is 2.35. The molecule has 4 rings (SSSR count). The van der Waals surface area contributed by atoms with Gasteiger partial charge >= 0.3 is 0 Å². The van der Waals surface area contributed by atoms with Crippen LogP contribution in [0.3, 0.4) is 0 Å². The predicted molar refractivity (Wildman–Crippen MR) is 103 cm³/mol. The van der Waals surface area contributed by atoms with Crippen molar-refractivity contribution in [3.8, 4) is 11.5 Å². The summed E-state index contributed by atoms with van der Waals surface area (Å²) in [5.74, 6) is -0.278. The Morgan fingerprint density at radius 1 is 1.22 bits per heavy atom. The Kier molecular flexibility index (Phi) is 4.72. The molecule has 7 nitrogen and oxygen atoms in total. The molecular formula is C19H15BrN4O3. The van der Waals surface area contributed by atoms with Crippen LogP contribution in [0.4, 0.5) is 11.4 Å². The second-order valence-corrected chi connectivity index (χ2v) is 7.11. The lowest BCUT2D eigenvalue weighted by atomic mass is 10.1. The van der Waals surface area contributed by atoms with Gasteiger partial charge in [0.2, 0.25) is 24.1 Å². The van der Waals surface area contributed by atoms with Crippen LogP contribution in [0.2, 0.25) is 0 Å². The van der Waals surface area contributed by atoms with Crippen molar-refractivity contribution in [2.24, 2.45) is 5.92 Å². The first-order valence-electron chi connectivity index (χ1n) is 8.33. The first kappa shape index (κ1) is 17.4. The number of aromatic nitrogens is 2. The number of nitrogens with zero attached hydrogens (tertiary/aromatic N) is 3. The van der Waals surface area contributed by atoms with Crippen molar-refractivity contribution >= 4 is 39.1 Å². The summed E-state index contributed by atoms with van der Waals surface area (Å²) in [6.07, 6.45) is 1.44. The number of rotatable bonds is 4. The highest BCUT2D eigenvalue weighted by atomic mass is 79.9. The van der Waals surface area contributed by atoms with Crippen LogP contribution in [0.25, 0.3) is 11.5 Å². The normalized spacial score (nSPS) is 16.6. The van der Waals surface area contributed by atoms with Crippen LogP contribution < -0.4 is 10.2 Å². The van der Waals surface area contributed by atoms with Gasteiger partial charge in [-0.25, -0.2) is 0 Å². The molecule has 0 saturated carbocycles. The molecule has 0 radical (unpaired) electrons. The van der Waals surface area contributed by atoms with Crippen LogP contribution >= 0.6 is 15.9 Å². The number of benzene rings is 2. The van der Waals surface area contributed by atoms with Crippen molar-refractivity contribution < 1.29 is 14.0 Å². The van der Waals surface area contributed by atoms with E-state index in [1.807, 2.05) is 30.3 Å². The van der Waals surface area contributed by atoms with Crippen molar-refractivity contribution in [2.75, 3.05) is 16.8 Å². The zero-order chi connectivity index (χ0) is 18.8. The lowest BCUT2D eigenvalue weighted by molar-refractivity contribution is -0.122. The van der Waals surface area contributed by atoms with Crippen LogP contribution in [0.1, 0.15) is 6.42 Å². The van der Waals surface area contributed by atoms with Gasteiger partial charge in [0.15, 0.2) is 0 Å². The van der Waals surface area contributed by atoms with E-state index in [4.69, 9.17) is 4.42 Å². The monoisotopic (exact) mass is 426 g/mol. The van der Waals surface area contributed by atoms with Gasteiger partial charge in [-0.3, -0.25) is 9.59 Å². The Morgan fingerprint density at radius 3 is 2.78 bits per heavy atom. The molecule has 1 fully saturated rings.